The lowest BCUT2D eigenvalue weighted by molar-refractivity contribution is -0.147. The normalized spacial score (nSPS) is 16.0. The zero-order chi connectivity index (χ0) is 19.2. The fraction of sp³-hybridized carbons (Fsp3) is 0.250. The van der Waals surface area contributed by atoms with Crippen LogP contribution in [0.4, 0.5) is 0 Å². The second kappa shape index (κ2) is 8.35. The number of hydrogen-bond donors (Lipinski definition) is 2. The van der Waals surface area contributed by atoms with Crippen molar-refractivity contribution in [3.05, 3.63) is 60.2 Å². The van der Waals surface area contributed by atoms with Gasteiger partial charge in [0.2, 0.25) is 5.91 Å². The number of benzene rings is 2. The summed E-state index contributed by atoms with van der Waals surface area (Å²) in [5, 5.41) is 11.7. The van der Waals surface area contributed by atoms with Crippen LogP contribution in [-0.2, 0) is 9.59 Å². The lowest BCUT2D eigenvalue weighted by Crippen LogP contribution is -2.45. The molecule has 1 heterocycles. The number of carbonyl (C=O) groups excluding carboxylic acids is 2. The molecule has 0 spiro atoms. The highest BCUT2D eigenvalue weighted by molar-refractivity contribution is 5.97. The zero-order valence-electron chi connectivity index (χ0n) is 14.6. The standard InChI is InChI=1S/C20H20N2O5/c23-18(22-12-4-7-17(22)20(25)26)13-21-19(24)14-8-10-16(11-9-14)27-15-5-2-1-3-6-15/h1-3,5-6,8-11,17H,4,7,12-13H2,(H,21,24)(H,25,26). The Kier molecular flexibility index (Phi) is 5.71. The Morgan fingerprint density at radius 3 is 2.37 bits per heavy atom. The average Bonchev–Trinajstić information content (AvgIpc) is 3.17. The second-order valence-electron chi connectivity index (χ2n) is 6.21. The molecule has 7 heteroatoms. The molecule has 2 aromatic carbocycles. The number of para-hydroxylation sites is 1. The Balaban J connectivity index is 1.53. The fourth-order valence-corrected chi connectivity index (χ4v) is 2.98. The number of ether oxygens (including phenoxy) is 1. The quantitative estimate of drug-likeness (QED) is 0.816. The summed E-state index contributed by atoms with van der Waals surface area (Å²) in [5.41, 5.74) is 0.388. The average molecular weight is 368 g/mol. The van der Waals surface area contributed by atoms with Crippen LogP contribution in [0, 0.1) is 0 Å². The SMILES string of the molecule is O=C(NCC(=O)N1CCCC1C(=O)O)c1ccc(Oc2ccccc2)cc1. The molecule has 2 amide bonds. The van der Waals surface area contributed by atoms with Crippen LogP contribution < -0.4 is 10.1 Å². The van der Waals surface area contributed by atoms with E-state index in [1.54, 1.807) is 24.3 Å². The molecule has 2 N–H and O–H groups in total. The van der Waals surface area contributed by atoms with E-state index in [9.17, 15) is 14.4 Å². The number of hydrogen-bond acceptors (Lipinski definition) is 4. The van der Waals surface area contributed by atoms with Crippen molar-refractivity contribution in [2.45, 2.75) is 18.9 Å². The molecule has 1 aliphatic rings. The summed E-state index contributed by atoms with van der Waals surface area (Å²) < 4.78 is 5.66. The molecule has 1 atom stereocenters. The molecular formula is C20H20N2O5. The molecule has 2 aromatic rings. The molecule has 27 heavy (non-hydrogen) atoms. The maximum atomic E-state index is 12.2. The maximum Gasteiger partial charge on any atom is 0.326 e. The van der Waals surface area contributed by atoms with Crippen molar-refractivity contribution in [1.82, 2.24) is 10.2 Å². The summed E-state index contributed by atoms with van der Waals surface area (Å²) in [6.07, 6.45) is 1.09. The Bertz CT molecular complexity index is 820. The molecule has 0 aliphatic carbocycles. The number of carboxylic acid groups (broad SMARTS) is 1. The van der Waals surface area contributed by atoms with Gasteiger partial charge in [-0.1, -0.05) is 18.2 Å². The van der Waals surface area contributed by atoms with Gasteiger partial charge in [-0.15, -0.1) is 0 Å². The minimum Gasteiger partial charge on any atom is -0.480 e. The number of nitrogens with one attached hydrogen (secondary N) is 1. The van der Waals surface area contributed by atoms with Crippen molar-refractivity contribution < 1.29 is 24.2 Å². The smallest absolute Gasteiger partial charge is 0.326 e. The number of nitrogens with zero attached hydrogens (tertiary/aromatic N) is 1. The third-order valence-corrected chi connectivity index (χ3v) is 4.35. The van der Waals surface area contributed by atoms with Crippen LogP contribution in [0.2, 0.25) is 0 Å². The number of aliphatic carboxylic acids is 1. The van der Waals surface area contributed by atoms with Gasteiger partial charge in [-0.3, -0.25) is 9.59 Å². The molecule has 0 saturated carbocycles. The number of rotatable bonds is 6. The molecule has 140 valence electrons. The van der Waals surface area contributed by atoms with E-state index < -0.39 is 23.8 Å². The molecule has 0 radical (unpaired) electrons. The van der Waals surface area contributed by atoms with E-state index in [0.717, 1.165) is 0 Å². The van der Waals surface area contributed by atoms with Gasteiger partial charge in [-0.25, -0.2) is 4.79 Å². The molecule has 1 fully saturated rings. The molecule has 3 rings (SSSR count). The Hall–Kier alpha value is -3.35. The highest BCUT2D eigenvalue weighted by atomic mass is 16.5. The molecule has 1 aliphatic heterocycles. The van der Waals surface area contributed by atoms with Gasteiger partial charge in [0.15, 0.2) is 0 Å². The largest absolute Gasteiger partial charge is 0.480 e. The van der Waals surface area contributed by atoms with Gasteiger partial charge < -0.3 is 20.1 Å². The summed E-state index contributed by atoms with van der Waals surface area (Å²) in [5.74, 6) is -0.520. The van der Waals surface area contributed by atoms with Crippen LogP contribution in [0.5, 0.6) is 11.5 Å². The van der Waals surface area contributed by atoms with Crippen molar-refractivity contribution in [3.8, 4) is 11.5 Å². The van der Waals surface area contributed by atoms with Gasteiger partial charge in [-0.2, -0.15) is 0 Å². The van der Waals surface area contributed by atoms with Gasteiger partial charge in [-0.05, 0) is 49.2 Å². The molecule has 7 nitrogen and oxygen atoms in total. The van der Waals surface area contributed by atoms with Crippen LogP contribution in [0.15, 0.2) is 54.6 Å². The van der Waals surface area contributed by atoms with Crippen LogP contribution in [0.25, 0.3) is 0 Å². The summed E-state index contributed by atoms with van der Waals surface area (Å²) >= 11 is 0. The Morgan fingerprint density at radius 1 is 1.04 bits per heavy atom. The van der Waals surface area contributed by atoms with Crippen molar-refractivity contribution >= 4 is 17.8 Å². The third-order valence-electron chi connectivity index (χ3n) is 4.35. The lowest BCUT2D eigenvalue weighted by atomic mass is 10.2. The summed E-state index contributed by atoms with van der Waals surface area (Å²) in [7, 11) is 0. The van der Waals surface area contributed by atoms with Crippen LogP contribution in [0.3, 0.4) is 0 Å². The number of carbonyl (C=O) groups is 3. The van der Waals surface area contributed by atoms with E-state index in [1.165, 1.54) is 4.90 Å². The second-order valence-corrected chi connectivity index (χ2v) is 6.21. The van der Waals surface area contributed by atoms with E-state index in [0.29, 0.717) is 36.4 Å². The first kappa shape index (κ1) is 18.4. The van der Waals surface area contributed by atoms with Crippen molar-refractivity contribution in [2.75, 3.05) is 13.1 Å². The van der Waals surface area contributed by atoms with Crippen molar-refractivity contribution in [2.24, 2.45) is 0 Å². The minimum absolute atomic E-state index is 0.231. The molecule has 1 saturated heterocycles. The third kappa shape index (κ3) is 4.63. The number of likely N-dealkylation sites (tertiary alicyclic amines) is 1. The fourth-order valence-electron chi connectivity index (χ4n) is 2.98. The Morgan fingerprint density at radius 2 is 1.70 bits per heavy atom. The van der Waals surface area contributed by atoms with E-state index >= 15 is 0 Å². The number of amides is 2. The first-order chi connectivity index (χ1) is 13.0. The topological polar surface area (TPSA) is 95.9 Å². The molecule has 1 unspecified atom stereocenters. The van der Waals surface area contributed by atoms with Crippen molar-refractivity contribution in [1.29, 1.82) is 0 Å². The van der Waals surface area contributed by atoms with Crippen LogP contribution in [-0.4, -0.2) is 46.9 Å². The van der Waals surface area contributed by atoms with E-state index in [-0.39, 0.29) is 6.54 Å². The highest BCUT2D eigenvalue weighted by Crippen LogP contribution is 2.21. The summed E-state index contributed by atoms with van der Waals surface area (Å²) in [4.78, 5) is 36.8. The van der Waals surface area contributed by atoms with E-state index in [4.69, 9.17) is 9.84 Å². The van der Waals surface area contributed by atoms with Crippen LogP contribution >= 0.6 is 0 Å². The predicted octanol–water partition coefficient (Wildman–Crippen LogP) is 2.28. The number of carboxylic acids is 1. The van der Waals surface area contributed by atoms with Gasteiger partial charge >= 0.3 is 5.97 Å². The monoisotopic (exact) mass is 368 g/mol. The van der Waals surface area contributed by atoms with Gasteiger partial charge in [0.25, 0.3) is 5.91 Å². The zero-order valence-corrected chi connectivity index (χ0v) is 14.6. The lowest BCUT2D eigenvalue weighted by Gasteiger charge is -2.21. The Labute approximate surface area is 156 Å². The van der Waals surface area contributed by atoms with Gasteiger partial charge in [0, 0.05) is 12.1 Å². The minimum atomic E-state index is -1.01. The van der Waals surface area contributed by atoms with Crippen molar-refractivity contribution in [3.63, 3.8) is 0 Å². The van der Waals surface area contributed by atoms with E-state index in [1.807, 2.05) is 30.3 Å². The van der Waals surface area contributed by atoms with E-state index in [2.05, 4.69) is 5.32 Å². The first-order valence-corrected chi connectivity index (χ1v) is 8.68. The maximum absolute atomic E-state index is 12.2. The first-order valence-electron chi connectivity index (χ1n) is 8.68. The van der Waals surface area contributed by atoms with Gasteiger partial charge in [0.1, 0.15) is 17.5 Å². The predicted molar refractivity (Wildman–Crippen MR) is 97.7 cm³/mol. The summed E-state index contributed by atoms with van der Waals surface area (Å²) in [6, 6.07) is 15.0. The molecule has 0 aromatic heterocycles. The molecule has 0 bridgehead atoms. The van der Waals surface area contributed by atoms with Crippen LogP contribution in [0.1, 0.15) is 23.2 Å². The summed E-state index contributed by atoms with van der Waals surface area (Å²) in [6.45, 7) is 0.169. The highest BCUT2D eigenvalue weighted by Gasteiger charge is 2.33. The van der Waals surface area contributed by atoms with Gasteiger partial charge in [0.05, 0.1) is 6.54 Å². The molecular weight excluding hydrogens is 348 g/mol.